The van der Waals surface area contributed by atoms with Crippen molar-refractivity contribution in [1.29, 1.82) is 0 Å². The van der Waals surface area contributed by atoms with Gasteiger partial charge in [-0.15, -0.1) is 0 Å². The first-order chi connectivity index (χ1) is 8.86. The number of nitrogens with zero attached hydrogens (tertiary/aromatic N) is 3. The first kappa shape index (κ1) is 15.7. The first-order valence-electron chi connectivity index (χ1n) is 6.18. The Bertz CT molecular complexity index is 452. The Kier molecular flexibility index (Phi) is 5.57. The number of hydrogen-bond donors (Lipinski definition) is 1. The molecule has 0 saturated heterocycles. The predicted molar refractivity (Wildman–Crippen MR) is 77.2 cm³/mol. The maximum atomic E-state index is 11.3. The topological polar surface area (TPSA) is 56.7 Å². The fraction of sp³-hybridized carbons (Fsp3) is 0.538. The van der Waals surface area contributed by atoms with Crippen LogP contribution in [0.4, 0.5) is 5.82 Å². The number of aromatic nitrogens is 1. The number of aromatic carboxylic acids is 1. The number of carboxylic acids is 1. The Morgan fingerprint density at radius 3 is 2.58 bits per heavy atom. The zero-order chi connectivity index (χ0) is 14.6. The van der Waals surface area contributed by atoms with E-state index in [1.807, 2.05) is 32.8 Å². The summed E-state index contributed by atoms with van der Waals surface area (Å²) < 4.78 is 0. The lowest BCUT2D eigenvalue weighted by atomic mass is 10.2. The van der Waals surface area contributed by atoms with Crippen LogP contribution in [0.5, 0.6) is 0 Å². The number of rotatable bonds is 6. The van der Waals surface area contributed by atoms with Crippen LogP contribution in [0.1, 0.15) is 24.2 Å². The average Bonchev–Trinajstić information content (AvgIpc) is 2.28. The molecule has 0 aliphatic rings. The summed E-state index contributed by atoms with van der Waals surface area (Å²) in [5, 5.41) is 9.55. The highest BCUT2D eigenvalue weighted by molar-refractivity contribution is 6.29. The second-order valence-electron chi connectivity index (χ2n) is 4.71. The molecule has 1 atom stereocenters. The van der Waals surface area contributed by atoms with Crippen molar-refractivity contribution in [2.75, 3.05) is 32.1 Å². The summed E-state index contributed by atoms with van der Waals surface area (Å²) in [6.07, 6.45) is 0. The molecule has 0 fully saturated rings. The van der Waals surface area contributed by atoms with Crippen LogP contribution in [0.3, 0.4) is 0 Å². The molecule has 5 nitrogen and oxygen atoms in total. The molecule has 1 heterocycles. The molecule has 1 unspecified atom stereocenters. The van der Waals surface area contributed by atoms with Gasteiger partial charge in [-0.25, -0.2) is 9.78 Å². The van der Waals surface area contributed by atoms with Crippen molar-refractivity contribution >= 4 is 23.4 Å². The standard InChI is InChI=1S/C13H20ClN3O2/c1-5-17(9(2)8-16(3)4)12-10(13(18)19)6-7-11(14)15-12/h6-7,9H,5,8H2,1-4H3,(H,18,19). The van der Waals surface area contributed by atoms with Crippen LogP contribution < -0.4 is 4.90 Å². The van der Waals surface area contributed by atoms with E-state index >= 15 is 0 Å². The molecule has 106 valence electrons. The van der Waals surface area contributed by atoms with Gasteiger partial charge in [-0.2, -0.15) is 0 Å². The van der Waals surface area contributed by atoms with Gasteiger partial charge in [-0.1, -0.05) is 11.6 Å². The third-order valence-corrected chi connectivity index (χ3v) is 3.06. The van der Waals surface area contributed by atoms with Gasteiger partial charge >= 0.3 is 5.97 Å². The Hall–Kier alpha value is -1.33. The van der Waals surface area contributed by atoms with Gasteiger partial charge < -0.3 is 14.9 Å². The number of halogens is 1. The van der Waals surface area contributed by atoms with Gasteiger partial charge in [-0.3, -0.25) is 0 Å². The van der Waals surface area contributed by atoms with Crippen LogP contribution in [0, 0.1) is 0 Å². The molecular formula is C13H20ClN3O2. The fourth-order valence-corrected chi connectivity index (χ4v) is 2.25. The summed E-state index contributed by atoms with van der Waals surface area (Å²) in [7, 11) is 3.96. The highest BCUT2D eigenvalue weighted by Gasteiger charge is 2.21. The van der Waals surface area contributed by atoms with E-state index in [2.05, 4.69) is 9.88 Å². The second-order valence-corrected chi connectivity index (χ2v) is 5.09. The van der Waals surface area contributed by atoms with Crippen LogP contribution in [-0.2, 0) is 0 Å². The smallest absolute Gasteiger partial charge is 0.339 e. The summed E-state index contributed by atoms with van der Waals surface area (Å²) in [5.74, 6) is -0.563. The van der Waals surface area contributed by atoms with Gasteiger partial charge in [0.1, 0.15) is 16.5 Å². The van der Waals surface area contributed by atoms with Crippen molar-refractivity contribution in [1.82, 2.24) is 9.88 Å². The number of anilines is 1. The number of carbonyl (C=O) groups is 1. The van der Waals surface area contributed by atoms with Crippen molar-refractivity contribution in [2.45, 2.75) is 19.9 Å². The molecule has 6 heteroatoms. The molecule has 0 spiro atoms. The first-order valence-corrected chi connectivity index (χ1v) is 6.55. The largest absolute Gasteiger partial charge is 0.478 e. The van der Waals surface area contributed by atoms with E-state index < -0.39 is 5.97 Å². The van der Waals surface area contributed by atoms with Crippen LogP contribution in [0.25, 0.3) is 0 Å². The molecule has 0 radical (unpaired) electrons. The Morgan fingerprint density at radius 1 is 1.47 bits per heavy atom. The lowest BCUT2D eigenvalue weighted by Crippen LogP contribution is -2.41. The van der Waals surface area contributed by atoms with Crippen LogP contribution in [-0.4, -0.2) is 54.2 Å². The highest BCUT2D eigenvalue weighted by atomic mass is 35.5. The van der Waals surface area contributed by atoms with Gasteiger partial charge in [0.25, 0.3) is 0 Å². The number of carboxylic acid groups (broad SMARTS) is 1. The summed E-state index contributed by atoms with van der Waals surface area (Å²) in [4.78, 5) is 19.5. The van der Waals surface area contributed by atoms with Crippen LogP contribution in [0.2, 0.25) is 5.15 Å². The molecule has 0 amide bonds. The fourth-order valence-electron chi connectivity index (χ4n) is 2.11. The lowest BCUT2D eigenvalue weighted by molar-refractivity contribution is 0.0697. The lowest BCUT2D eigenvalue weighted by Gasteiger charge is -2.31. The van der Waals surface area contributed by atoms with E-state index in [0.717, 1.165) is 6.54 Å². The second kappa shape index (κ2) is 6.73. The molecule has 0 aliphatic heterocycles. The molecule has 0 bridgehead atoms. The highest BCUT2D eigenvalue weighted by Crippen LogP contribution is 2.23. The quantitative estimate of drug-likeness (QED) is 0.812. The maximum Gasteiger partial charge on any atom is 0.339 e. The number of pyridine rings is 1. The predicted octanol–water partition coefficient (Wildman–Crippen LogP) is 2.21. The third kappa shape index (κ3) is 4.08. The number of likely N-dealkylation sites (N-methyl/N-ethyl adjacent to an activating group) is 2. The molecule has 19 heavy (non-hydrogen) atoms. The molecule has 1 rings (SSSR count). The van der Waals surface area contributed by atoms with E-state index in [9.17, 15) is 9.90 Å². The van der Waals surface area contributed by atoms with E-state index in [1.54, 1.807) is 0 Å². The molecular weight excluding hydrogens is 266 g/mol. The monoisotopic (exact) mass is 285 g/mol. The average molecular weight is 286 g/mol. The molecule has 0 saturated carbocycles. The Morgan fingerprint density at radius 2 is 2.11 bits per heavy atom. The Labute approximate surface area is 118 Å². The summed E-state index contributed by atoms with van der Waals surface area (Å²) in [6, 6.07) is 3.14. The normalized spacial score (nSPS) is 12.5. The van der Waals surface area contributed by atoms with Gasteiger partial charge in [-0.05, 0) is 40.1 Å². The number of hydrogen-bond acceptors (Lipinski definition) is 4. The molecule has 0 aromatic carbocycles. The van der Waals surface area contributed by atoms with E-state index in [1.165, 1.54) is 12.1 Å². The van der Waals surface area contributed by atoms with E-state index in [0.29, 0.717) is 17.5 Å². The molecule has 0 aliphatic carbocycles. The van der Waals surface area contributed by atoms with Gasteiger partial charge in [0.05, 0.1) is 0 Å². The minimum absolute atomic E-state index is 0.143. The third-order valence-electron chi connectivity index (χ3n) is 2.85. The zero-order valence-corrected chi connectivity index (χ0v) is 12.5. The van der Waals surface area contributed by atoms with Gasteiger partial charge in [0.2, 0.25) is 0 Å². The zero-order valence-electron chi connectivity index (χ0n) is 11.7. The van der Waals surface area contributed by atoms with Crippen molar-refractivity contribution in [2.24, 2.45) is 0 Å². The minimum atomic E-state index is -0.991. The van der Waals surface area contributed by atoms with E-state index in [4.69, 9.17) is 11.6 Å². The summed E-state index contributed by atoms with van der Waals surface area (Å²) in [5.41, 5.74) is 0.178. The van der Waals surface area contributed by atoms with Crippen molar-refractivity contribution in [3.63, 3.8) is 0 Å². The summed E-state index contributed by atoms with van der Waals surface area (Å²) >= 11 is 5.89. The van der Waals surface area contributed by atoms with Crippen molar-refractivity contribution < 1.29 is 9.90 Å². The van der Waals surface area contributed by atoms with Crippen LogP contribution >= 0.6 is 11.6 Å². The van der Waals surface area contributed by atoms with Crippen LogP contribution in [0.15, 0.2) is 12.1 Å². The van der Waals surface area contributed by atoms with Gasteiger partial charge in [0.15, 0.2) is 0 Å². The van der Waals surface area contributed by atoms with Crippen molar-refractivity contribution in [3.05, 3.63) is 22.8 Å². The Balaban J connectivity index is 3.16. The maximum absolute atomic E-state index is 11.3. The minimum Gasteiger partial charge on any atom is -0.478 e. The van der Waals surface area contributed by atoms with Gasteiger partial charge in [0, 0.05) is 19.1 Å². The summed E-state index contributed by atoms with van der Waals surface area (Å²) in [6.45, 7) is 5.49. The molecule has 1 aromatic heterocycles. The SMILES string of the molecule is CCN(c1nc(Cl)ccc1C(=O)O)C(C)CN(C)C. The molecule has 1 N–H and O–H groups in total. The van der Waals surface area contributed by atoms with E-state index in [-0.39, 0.29) is 11.6 Å². The van der Waals surface area contributed by atoms with Crippen molar-refractivity contribution in [3.8, 4) is 0 Å². The molecule has 1 aromatic rings.